The van der Waals surface area contributed by atoms with Crippen molar-refractivity contribution in [1.82, 2.24) is 10.2 Å². The second-order valence-corrected chi connectivity index (χ2v) is 8.02. The Hall–Kier alpha value is -3.54. The van der Waals surface area contributed by atoms with Crippen LogP contribution in [0.1, 0.15) is 28.8 Å². The molecule has 3 aromatic rings. The average molecular weight is 433 g/mol. The maximum atomic E-state index is 13.4. The summed E-state index contributed by atoms with van der Waals surface area (Å²) in [6.07, 6.45) is 1.58. The number of piperidine rings is 1. The third kappa shape index (κ3) is 4.54. The highest BCUT2D eigenvalue weighted by Crippen LogP contribution is 2.30. The van der Waals surface area contributed by atoms with Crippen molar-refractivity contribution in [2.75, 3.05) is 27.3 Å². The number of hydrogen-bond donors (Lipinski definition) is 1. The quantitative estimate of drug-likeness (QED) is 0.639. The van der Waals surface area contributed by atoms with E-state index in [1.165, 1.54) is 0 Å². The lowest BCUT2D eigenvalue weighted by atomic mass is 9.95. The van der Waals surface area contributed by atoms with E-state index in [-0.39, 0.29) is 17.7 Å². The second-order valence-electron chi connectivity index (χ2n) is 8.02. The molecular weight excluding hydrogens is 404 g/mol. The highest BCUT2D eigenvalue weighted by Gasteiger charge is 2.29. The van der Waals surface area contributed by atoms with Gasteiger partial charge in [-0.05, 0) is 48.1 Å². The fourth-order valence-corrected chi connectivity index (χ4v) is 4.30. The Morgan fingerprint density at radius 1 is 1.00 bits per heavy atom. The Labute approximate surface area is 188 Å². The van der Waals surface area contributed by atoms with Gasteiger partial charge in [-0.15, -0.1) is 0 Å². The molecule has 1 N–H and O–H groups in total. The standard InChI is InChI=1S/C26H28N2O4/c1-31-20-9-5-7-18(15-20)16-27-25(29)19-8-6-14-28(17-19)26(30)23-12-13-24(32-2)22-11-4-3-10-21(22)23/h3-5,7,9-13,15,19H,6,8,14,16-17H2,1-2H3,(H,27,29)/t19-/m0/s1. The summed E-state index contributed by atoms with van der Waals surface area (Å²) in [5.74, 6) is 1.21. The molecule has 0 radical (unpaired) electrons. The fourth-order valence-electron chi connectivity index (χ4n) is 4.30. The molecule has 1 aliphatic heterocycles. The van der Waals surface area contributed by atoms with E-state index in [9.17, 15) is 9.59 Å². The van der Waals surface area contributed by atoms with Gasteiger partial charge in [0.15, 0.2) is 0 Å². The van der Waals surface area contributed by atoms with Gasteiger partial charge in [-0.2, -0.15) is 0 Å². The minimum atomic E-state index is -0.220. The molecule has 6 heteroatoms. The SMILES string of the molecule is COc1cccc(CNC(=O)[C@H]2CCCN(C(=O)c3ccc(OC)c4ccccc34)C2)c1. The topological polar surface area (TPSA) is 67.9 Å². The number of fused-ring (bicyclic) bond motifs is 1. The molecule has 0 saturated carbocycles. The number of ether oxygens (including phenoxy) is 2. The third-order valence-corrected chi connectivity index (χ3v) is 6.01. The van der Waals surface area contributed by atoms with E-state index in [0.717, 1.165) is 40.7 Å². The zero-order chi connectivity index (χ0) is 22.5. The first kappa shape index (κ1) is 21.7. The zero-order valence-corrected chi connectivity index (χ0v) is 18.5. The number of hydrogen-bond acceptors (Lipinski definition) is 4. The number of rotatable bonds is 6. The molecule has 3 aromatic carbocycles. The molecule has 0 bridgehead atoms. The number of methoxy groups -OCH3 is 2. The van der Waals surface area contributed by atoms with Crippen molar-refractivity contribution in [2.45, 2.75) is 19.4 Å². The van der Waals surface area contributed by atoms with Crippen LogP contribution in [-0.4, -0.2) is 44.0 Å². The van der Waals surface area contributed by atoms with Gasteiger partial charge >= 0.3 is 0 Å². The number of amides is 2. The molecule has 1 atom stereocenters. The van der Waals surface area contributed by atoms with Crippen LogP contribution in [0.15, 0.2) is 60.7 Å². The average Bonchev–Trinajstić information content (AvgIpc) is 2.86. The van der Waals surface area contributed by atoms with Crippen LogP contribution in [0.2, 0.25) is 0 Å². The van der Waals surface area contributed by atoms with Gasteiger partial charge in [0.25, 0.3) is 5.91 Å². The lowest BCUT2D eigenvalue weighted by Crippen LogP contribution is -2.45. The molecule has 1 heterocycles. The molecular formula is C26H28N2O4. The maximum Gasteiger partial charge on any atom is 0.254 e. The first-order valence-corrected chi connectivity index (χ1v) is 10.9. The van der Waals surface area contributed by atoms with Crippen molar-refractivity contribution in [3.8, 4) is 11.5 Å². The van der Waals surface area contributed by atoms with Crippen molar-refractivity contribution in [3.05, 3.63) is 71.8 Å². The van der Waals surface area contributed by atoms with E-state index < -0.39 is 0 Å². The summed E-state index contributed by atoms with van der Waals surface area (Å²) in [5, 5.41) is 4.79. The number of benzene rings is 3. The lowest BCUT2D eigenvalue weighted by Gasteiger charge is -2.32. The minimum Gasteiger partial charge on any atom is -0.497 e. The largest absolute Gasteiger partial charge is 0.497 e. The molecule has 6 nitrogen and oxygen atoms in total. The Kier molecular flexibility index (Phi) is 6.59. The van der Waals surface area contributed by atoms with Crippen LogP contribution in [0.3, 0.4) is 0 Å². The molecule has 1 fully saturated rings. The van der Waals surface area contributed by atoms with Crippen LogP contribution in [0.4, 0.5) is 0 Å². The van der Waals surface area contributed by atoms with Crippen LogP contribution >= 0.6 is 0 Å². The highest BCUT2D eigenvalue weighted by atomic mass is 16.5. The summed E-state index contributed by atoms with van der Waals surface area (Å²) in [6, 6.07) is 19.0. The first-order chi connectivity index (χ1) is 15.6. The van der Waals surface area contributed by atoms with Gasteiger partial charge < -0.3 is 19.7 Å². The van der Waals surface area contributed by atoms with Crippen molar-refractivity contribution >= 4 is 22.6 Å². The van der Waals surface area contributed by atoms with E-state index in [1.807, 2.05) is 60.7 Å². The molecule has 4 rings (SSSR count). The normalized spacial score (nSPS) is 15.9. The maximum absolute atomic E-state index is 13.4. The molecule has 32 heavy (non-hydrogen) atoms. The van der Waals surface area contributed by atoms with Gasteiger partial charge in [-0.25, -0.2) is 0 Å². The number of nitrogens with one attached hydrogen (secondary N) is 1. The van der Waals surface area contributed by atoms with Crippen LogP contribution in [0.5, 0.6) is 11.5 Å². The van der Waals surface area contributed by atoms with E-state index in [1.54, 1.807) is 19.1 Å². The summed E-state index contributed by atoms with van der Waals surface area (Å²) in [7, 11) is 3.25. The molecule has 0 spiro atoms. The van der Waals surface area contributed by atoms with Gasteiger partial charge in [0.05, 0.1) is 20.1 Å². The van der Waals surface area contributed by atoms with E-state index >= 15 is 0 Å². The first-order valence-electron chi connectivity index (χ1n) is 10.9. The van der Waals surface area contributed by atoms with Gasteiger partial charge in [-0.3, -0.25) is 9.59 Å². The molecule has 0 aromatic heterocycles. The van der Waals surface area contributed by atoms with Crippen molar-refractivity contribution in [3.63, 3.8) is 0 Å². The predicted molar refractivity (Wildman–Crippen MR) is 124 cm³/mol. The van der Waals surface area contributed by atoms with Gasteiger partial charge in [-0.1, -0.05) is 36.4 Å². The predicted octanol–water partition coefficient (Wildman–Crippen LogP) is 4.03. The van der Waals surface area contributed by atoms with E-state index in [2.05, 4.69) is 5.32 Å². The van der Waals surface area contributed by atoms with Crippen molar-refractivity contribution < 1.29 is 19.1 Å². The molecule has 0 aliphatic carbocycles. The Morgan fingerprint density at radius 2 is 1.81 bits per heavy atom. The molecule has 1 saturated heterocycles. The smallest absolute Gasteiger partial charge is 0.254 e. The van der Waals surface area contributed by atoms with Crippen LogP contribution in [0, 0.1) is 5.92 Å². The lowest BCUT2D eigenvalue weighted by molar-refractivity contribution is -0.126. The van der Waals surface area contributed by atoms with E-state index in [0.29, 0.717) is 25.2 Å². The van der Waals surface area contributed by atoms with Crippen molar-refractivity contribution in [2.24, 2.45) is 5.92 Å². The third-order valence-electron chi connectivity index (χ3n) is 6.01. The molecule has 0 unspecified atom stereocenters. The van der Waals surface area contributed by atoms with Crippen LogP contribution < -0.4 is 14.8 Å². The number of carbonyl (C=O) groups excluding carboxylic acids is 2. The fraction of sp³-hybridized carbons (Fsp3) is 0.308. The van der Waals surface area contributed by atoms with Gasteiger partial charge in [0.2, 0.25) is 5.91 Å². The molecule has 2 amide bonds. The number of carbonyl (C=O) groups is 2. The van der Waals surface area contributed by atoms with E-state index in [4.69, 9.17) is 9.47 Å². The molecule has 1 aliphatic rings. The Morgan fingerprint density at radius 3 is 2.59 bits per heavy atom. The zero-order valence-electron chi connectivity index (χ0n) is 18.5. The summed E-state index contributed by atoms with van der Waals surface area (Å²) < 4.78 is 10.7. The second kappa shape index (κ2) is 9.73. The molecule has 166 valence electrons. The summed E-state index contributed by atoms with van der Waals surface area (Å²) in [4.78, 5) is 28.0. The van der Waals surface area contributed by atoms with Crippen LogP contribution in [-0.2, 0) is 11.3 Å². The number of likely N-dealkylation sites (tertiary alicyclic amines) is 1. The van der Waals surface area contributed by atoms with Gasteiger partial charge in [0, 0.05) is 30.6 Å². The monoisotopic (exact) mass is 432 g/mol. The summed E-state index contributed by atoms with van der Waals surface area (Å²) in [6.45, 7) is 1.51. The summed E-state index contributed by atoms with van der Waals surface area (Å²) >= 11 is 0. The minimum absolute atomic E-state index is 0.0232. The number of nitrogens with zero attached hydrogens (tertiary/aromatic N) is 1. The van der Waals surface area contributed by atoms with Gasteiger partial charge in [0.1, 0.15) is 11.5 Å². The van der Waals surface area contributed by atoms with Crippen molar-refractivity contribution in [1.29, 1.82) is 0 Å². The summed E-state index contributed by atoms with van der Waals surface area (Å²) in [5.41, 5.74) is 1.62. The highest BCUT2D eigenvalue weighted by molar-refractivity contribution is 6.08. The Balaban J connectivity index is 1.45. The Bertz CT molecular complexity index is 1130. The van der Waals surface area contributed by atoms with Crippen LogP contribution in [0.25, 0.3) is 10.8 Å².